The van der Waals surface area contributed by atoms with E-state index in [4.69, 9.17) is 11.6 Å². The Morgan fingerprint density at radius 2 is 1.50 bits per heavy atom. The Labute approximate surface area is 106 Å². The molecule has 4 aliphatic rings. The molecule has 2 atom stereocenters. The second-order valence-corrected chi connectivity index (χ2v) is 7.43. The molecule has 0 N–H and O–H groups in total. The Bertz CT molecular complexity index is 242. The lowest BCUT2D eigenvalue weighted by Crippen LogP contribution is -2.54. The van der Waals surface area contributed by atoms with E-state index in [1.807, 2.05) is 13.8 Å². The highest BCUT2D eigenvalue weighted by molar-refractivity contribution is 6.24. The van der Waals surface area contributed by atoms with Crippen molar-refractivity contribution in [3.05, 3.63) is 0 Å². The highest BCUT2D eigenvalue weighted by atomic mass is 35.5. The Morgan fingerprint density at radius 1 is 1.00 bits per heavy atom. The highest BCUT2D eigenvalue weighted by Gasteiger charge is 2.57. The topological polar surface area (TPSA) is 0 Å². The van der Waals surface area contributed by atoms with E-state index in [1.54, 1.807) is 0 Å². The van der Waals surface area contributed by atoms with Crippen molar-refractivity contribution in [3.8, 4) is 0 Å². The molecule has 16 heavy (non-hydrogen) atoms. The largest absolute Gasteiger partial charge is 0.119 e. The van der Waals surface area contributed by atoms with Gasteiger partial charge in [-0.05, 0) is 61.7 Å². The quantitative estimate of drug-likeness (QED) is 0.551. The first-order valence-electron chi connectivity index (χ1n) is 7.20. The fourth-order valence-corrected chi connectivity index (χ4v) is 5.60. The maximum atomic E-state index is 6.76. The van der Waals surface area contributed by atoms with Crippen LogP contribution in [-0.4, -0.2) is 4.87 Å². The lowest BCUT2D eigenvalue weighted by Gasteiger charge is -2.61. The van der Waals surface area contributed by atoms with Crippen molar-refractivity contribution in [3.63, 3.8) is 0 Å². The van der Waals surface area contributed by atoms with Crippen LogP contribution < -0.4 is 0 Å². The molecule has 4 bridgehead atoms. The van der Waals surface area contributed by atoms with Crippen molar-refractivity contribution in [2.45, 2.75) is 71.1 Å². The minimum atomic E-state index is 0.217. The molecule has 4 aliphatic carbocycles. The number of rotatable bonds is 1. The van der Waals surface area contributed by atoms with Crippen molar-refractivity contribution < 1.29 is 0 Å². The van der Waals surface area contributed by atoms with Gasteiger partial charge in [-0.25, -0.2) is 0 Å². The van der Waals surface area contributed by atoms with Gasteiger partial charge in [0.1, 0.15) is 0 Å². The van der Waals surface area contributed by atoms with Gasteiger partial charge in [0.05, 0.1) is 0 Å². The maximum absolute atomic E-state index is 6.76. The summed E-state index contributed by atoms with van der Waals surface area (Å²) >= 11 is 6.76. The van der Waals surface area contributed by atoms with Gasteiger partial charge in [-0.15, -0.1) is 11.6 Å². The van der Waals surface area contributed by atoms with Gasteiger partial charge in [0, 0.05) is 4.87 Å². The summed E-state index contributed by atoms with van der Waals surface area (Å²) in [6.45, 7) is 8.82. The Kier molecular flexibility index (Phi) is 3.34. The summed E-state index contributed by atoms with van der Waals surface area (Å²) in [5, 5.41) is 0. The molecule has 1 heteroatoms. The molecule has 94 valence electrons. The summed E-state index contributed by atoms with van der Waals surface area (Å²) in [4.78, 5) is 0.217. The van der Waals surface area contributed by atoms with Gasteiger partial charge in [-0.3, -0.25) is 0 Å². The molecule has 0 nitrogen and oxygen atoms in total. The van der Waals surface area contributed by atoms with E-state index in [0.29, 0.717) is 5.41 Å². The van der Waals surface area contributed by atoms with E-state index in [9.17, 15) is 0 Å². The van der Waals surface area contributed by atoms with Crippen molar-refractivity contribution >= 4 is 11.6 Å². The van der Waals surface area contributed by atoms with E-state index < -0.39 is 0 Å². The van der Waals surface area contributed by atoms with E-state index in [0.717, 1.165) is 17.8 Å². The molecule has 0 amide bonds. The second-order valence-electron chi connectivity index (χ2n) is 6.63. The van der Waals surface area contributed by atoms with Gasteiger partial charge < -0.3 is 0 Å². The number of alkyl halides is 1. The summed E-state index contributed by atoms with van der Waals surface area (Å²) in [7, 11) is 0. The number of halogens is 1. The summed E-state index contributed by atoms with van der Waals surface area (Å²) in [5.74, 6) is 2.78. The van der Waals surface area contributed by atoms with Crippen LogP contribution in [0.3, 0.4) is 0 Å². The fourth-order valence-electron chi connectivity index (χ4n) is 4.90. The zero-order valence-corrected chi connectivity index (χ0v) is 12.1. The summed E-state index contributed by atoms with van der Waals surface area (Å²) < 4.78 is 0. The summed E-state index contributed by atoms with van der Waals surface area (Å²) in [5.41, 5.74) is 0.631. The average molecular weight is 243 g/mol. The van der Waals surface area contributed by atoms with Gasteiger partial charge in [-0.2, -0.15) is 0 Å². The third-order valence-corrected chi connectivity index (χ3v) is 5.70. The van der Waals surface area contributed by atoms with Crippen molar-refractivity contribution in [2.75, 3.05) is 0 Å². The van der Waals surface area contributed by atoms with Crippen LogP contribution >= 0.6 is 11.6 Å². The van der Waals surface area contributed by atoms with Gasteiger partial charge in [0.2, 0.25) is 0 Å². The Morgan fingerprint density at radius 3 is 1.88 bits per heavy atom. The maximum Gasteiger partial charge on any atom is 0.0457 e. The molecule has 0 saturated heterocycles. The molecular weight excluding hydrogens is 216 g/mol. The van der Waals surface area contributed by atoms with E-state index in [-0.39, 0.29) is 4.87 Å². The highest BCUT2D eigenvalue weighted by Crippen LogP contribution is 2.65. The van der Waals surface area contributed by atoms with E-state index in [2.05, 4.69) is 13.8 Å². The standard InChI is InChI=1S/C13H21Cl.C2H6/c1-9(2)12-4-10-3-11(5-12)7-13(14,6-10)8-12;1-2/h9-11H,3-8H2,1-2H3;1-2H3. The minimum absolute atomic E-state index is 0.217. The third-order valence-electron chi connectivity index (χ3n) is 5.26. The predicted molar refractivity (Wildman–Crippen MR) is 71.9 cm³/mol. The van der Waals surface area contributed by atoms with Crippen molar-refractivity contribution in [1.82, 2.24) is 0 Å². The lowest BCUT2D eigenvalue weighted by atomic mass is 9.46. The Hall–Kier alpha value is 0.290. The molecule has 0 aromatic heterocycles. The van der Waals surface area contributed by atoms with Crippen LogP contribution in [-0.2, 0) is 0 Å². The predicted octanol–water partition coefficient (Wildman–Crippen LogP) is 5.25. The number of hydrogen-bond donors (Lipinski definition) is 0. The summed E-state index contributed by atoms with van der Waals surface area (Å²) in [6.07, 6.45) is 8.40. The lowest BCUT2D eigenvalue weighted by molar-refractivity contribution is -0.0676. The zero-order valence-electron chi connectivity index (χ0n) is 11.4. The molecule has 4 rings (SSSR count). The molecule has 0 radical (unpaired) electrons. The van der Waals surface area contributed by atoms with E-state index >= 15 is 0 Å². The first kappa shape index (κ1) is 12.7. The minimum Gasteiger partial charge on any atom is -0.119 e. The van der Waals surface area contributed by atoms with Gasteiger partial charge in [-0.1, -0.05) is 27.7 Å². The molecule has 0 aromatic rings. The molecule has 0 spiro atoms. The van der Waals surface area contributed by atoms with Gasteiger partial charge in [0.25, 0.3) is 0 Å². The zero-order chi connectivity index (χ0) is 12.0. The molecule has 2 unspecified atom stereocenters. The van der Waals surface area contributed by atoms with Crippen LogP contribution in [0.15, 0.2) is 0 Å². The van der Waals surface area contributed by atoms with Crippen LogP contribution in [0.25, 0.3) is 0 Å². The van der Waals surface area contributed by atoms with Crippen LogP contribution in [0, 0.1) is 23.2 Å². The van der Waals surface area contributed by atoms with Crippen LogP contribution in [0.5, 0.6) is 0 Å². The second kappa shape index (κ2) is 4.19. The normalized spacial score (nSPS) is 49.1. The van der Waals surface area contributed by atoms with Crippen LogP contribution in [0.1, 0.15) is 66.2 Å². The first-order valence-corrected chi connectivity index (χ1v) is 7.58. The van der Waals surface area contributed by atoms with E-state index in [1.165, 1.54) is 38.5 Å². The third kappa shape index (κ3) is 1.92. The van der Waals surface area contributed by atoms with Crippen LogP contribution in [0.2, 0.25) is 0 Å². The SMILES string of the molecule is CC.CC(C)C12CC3CC(CC(Cl)(C3)C1)C2. The average Bonchev–Trinajstić information content (AvgIpc) is 2.16. The smallest absolute Gasteiger partial charge is 0.0457 e. The van der Waals surface area contributed by atoms with Gasteiger partial charge >= 0.3 is 0 Å². The van der Waals surface area contributed by atoms with Crippen molar-refractivity contribution in [1.29, 1.82) is 0 Å². The molecule has 0 aromatic carbocycles. The molecule has 0 aliphatic heterocycles. The van der Waals surface area contributed by atoms with Gasteiger partial charge in [0.15, 0.2) is 0 Å². The molecule has 4 fully saturated rings. The Balaban J connectivity index is 0.000000457. The molecular formula is C15H27Cl. The first-order chi connectivity index (χ1) is 7.51. The summed E-state index contributed by atoms with van der Waals surface area (Å²) in [6, 6.07) is 0. The molecule has 0 heterocycles. The van der Waals surface area contributed by atoms with Crippen LogP contribution in [0.4, 0.5) is 0 Å². The molecule has 4 saturated carbocycles. The number of hydrogen-bond acceptors (Lipinski definition) is 0. The fraction of sp³-hybridized carbons (Fsp3) is 1.00. The van der Waals surface area contributed by atoms with Crippen molar-refractivity contribution in [2.24, 2.45) is 23.2 Å². The monoisotopic (exact) mass is 242 g/mol.